The van der Waals surface area contributed by atoms with E-state index in [9.17, 15) is 9.59 Å². The molecule has 0 radical (unpaired) electrons. The minimum Gasteiger partial charge on any atom is -0.497 e. The molecule has 0 saturated heterocycles. The van der Waals surface area contributed by atoms with Gasteiger partial charge in [0.1, 0.15) is 23.8 Å². The number of amides is 2. The first-order valence-corrected chi connectivity index (χ1v) is 11.1. The van der Waals surface area contributed by atoms with Gasteiger partial charge in [-0.05, 0) is 68.8 Å². The summed E-state index contributed by atoms with van der Waals surface area (Å²) in [5.41, 5.74) is 1.91. The smallest absolute Gasteiger partial charge is 0.270 e. The predicted octanol–water partition coefficient (Wildman–Crippen LogP) is 5.03. The average Bonchev–Trinajstić information content (AvgIpc) is 2.78. The van der Waals surface area contributed by atoms with E-state index in [1.807, 2.05) is 45.0 Å². The summed E-state index contributed by atoms with van der Waals surface area (Å²) in [5.74, 6) is 0.746. The predicted molar refractivity (Wildman–Crippen MR) is 133 cm³/mol. The van der Waals surface area contributed by atoms with Gasteiger partial charge in [-0.15, -0.1) is 0 Å². The summed E-state index contributed by atoms with van der Waals surface area (Å²) in [4.78, 5) is 29.2. The molecule has 2 amide bonds. The Morgan fingerprint density at radius 2 is 1.76 bits per heavy atom. The SMILES string of the molecule is COc1ccc(COc2ccc(Cl)cc2CC(=O)Nc2ccnc(C(=O)NC(C)(C)C)c2)cc1. The van der Waals surface area contributed by atoms with Gasteiger partial charge in [0, 0.05) is 28.0 Å². The van der Waals surface area contributed by atoms with Crippen LogP contribution in [0.4, 0.5) is 5.69 Å². The van der Waals surface area contributed by atoms with Crippen LogP contribution in [0, 0.1) is 0 Å². The van der Waals surface area contributed by atoms with Crippen LogP contribution in [0.3, 0.4) is 0 Å². The highest BCUT2D eigenvalue weighted by Crippen LogP contribution is 2.25. The zero-order valence-electron chi connectivity index (χ0n) is 19.6. The fraction of sp³-hybridized carbons (Fsp3) is 0.269. The van der Waals surface area contributed by atoms with E-state index >= 15 is 0 Å². The van der Waals surface area contributed by atoms with Gasteiger partial charge in [0.15, 0.2) is 0 Å². The van der Waals surface area contributed by atoms with E-state index in [0.717, 1.165) is 11.3 Å². The second-order valence-electron chi connectivity index (χ2n) is 8.75. The first-order valence-electron chi connectivity index (χ1n) is 10.8. The molecule has 0 saturated carbocycles. The molecule has 0 aliphatic rings. The summed E-state index contributed by atoms with van der Waals surface area (Å²) >= 11 is 6.17. The van der Waals surface area contributed by atoms with Crippen LogP contribution < -0.4 is 20.1 Å². The topological polar surface area (TPSA) is 89.6 Å². The molecule has 1 aromatic heterocycles. The number of rotatable bonds is 8. The summed E-state index contributed by atoms with van der Waals surface area (Å²) in [6.45, 7) is 5.98. The lowest BCUT2D eigenvalue weighted by molar-refractivity contribution is -0.115. The second kappa shape index (κ2) is 11.0. The normalized spacial score (nSPS) is 11.0. The van der Waals surface area contributed by atoms with Crippen molar-refractivity contribution in [1.29, 1.82) is 0 Å². The van der Waals surface area contributed by atoms with Crippen LogP contribution in [0.2, 0.25) is 5.02 Å². The first kappa shape index (κ1) is 25.1. The largest absolute Gasteiger partial charge is 0.497 e. The van der Waals surface area contributed by atoms with Gasteiger partial charge in [-0.25, -0.2) is 0 Å². The molecule has 2 N–H and O–H groups in total. The number of anilines is 1. The highest BCUT2D eigenvalue weighted by molar-refractivity contribution is 6.30. The van der Waals surface area contributed by atoms with Crippen LogP contribution in [-0.4, -0.2) is 29.4 Å². The number of methoxy groups -OCH3 is 1. The molecule has 0 unspecified atom stereocenters. The lowest BCUT2D eigenvalue weighted by atomic mass is 10.1. The molecule has 0 aliphatic heterocycles. The van der Waals surface area contributed by atoms with Crippen molar-refractivity contribution in [3.63, 3.8) is 0 Å². The number of aromatic nitrogens is 1. The third kappa shape index (κ3) is 7.49. The molecular formula is C26H28ClN3O4. The number of ether oxygens (including phenoxy) is 2. The summed E-state index contributed by atoms with van der Waals surface area (Å²) < 4.78 is 11.1. The van der Waals surface area contributed by atoms with E-state index in [0.29, 0.717) is 28.6 Å². The van der Waals surface area contributed by atoms with Gasteiger partial charge in [0.05, 0.1) is 13.5 Å². The second-order valence-corrected chi connectivity index (χ2v) is 9.18. The summed E-state index contributed by atoms with van der Waals surface area (Å²) in [6.07, 6.45) is 1.53. The van der Waals surface area contributed by atoms with Gasteiger partial charge in [-0.1, -0.05) is 23.7 Å². The average molecular weight is 482 g/mol. The molecule has 0 spiro atoms. The minimum absolute atomic E-state index is 0.0460. The minimum atomic E-state index is -0.396. The van der Waals surface area contributed by atoms with Crippen molar-refractivity contribution < 1.29 is 19.1 Å². The highest BCUT2D eigenvalue weighted by atomic mass is 35.5. The third-order valence-corrected chi connectivity index (χ3v) is 4.93. The van der Waals surface area contributed by atoms with Crippen LogP contribution in [-0.2, 0) is 17.8 Å². The Balaban J connectivity index is 1.67. The van der Waals surface area contributed by atoms with Crippen molar-refractivity contribution in [2.45, 2.75) is 39.3 Å². The van der Waals surface area contributed by atoms with Gasteiger partial charge in [-0.2, -0.15) is 0 Å². The number of carbonyl (C=O) groups is 2. The number of pyridine rings is 1. The maximum atomic E-state index is 12.8. The standard InChI is InChI=1S/C26H28ClN3O4/c1-26(2,3)30-25(32)22-15-20(11-12-28-22)29-24(31)14-18-13-19(27)7-10-23(18)34-16-17-5-8-21(33-4)9-6-17/h5-13,15H,14,16H2,1-4H3,(H,30,32)(H,28,29,31). The van der Waals surface area contributed by atoms with E-state index < -0.39 is 5.54 Å². The Kier molecular flexibility index (Phi) is 8.12. The lowest BCUT2D eigenvalue weighted by Gasteiger charge is -2.20. The van der Waals surface area contributed by atoms with Crippen LogP contribution in [0.25, 0.3) is 0 Å². The number of nitrogens with zero attached hydrogens (tertiary/aromatic N) is 1. The fourth-order valence-electron chi connectivity index (χ4n) is 3.13. The number of benzene rings is 2. The first-order chi connectivity index (χ1) is 16.1. The molecule has 3 aromatic rings. The van der Waals surface area contributed by atoms with Crippen molar-refractivity contribution in [2.75, 3.05) is 12.4 Å². The molecule has 34 heavy (non-hydrogen) atoms. The number of halogens is 1. The Bertz CT molecular complexity index is 1160. The van der Waals surface area contributed by atoms with Crippen molar-refractivity contribution in [3.05, 3.63) is 82.6 Å². The van der Waals surface area contributed by atoms with Crippen LogP contribution in [0.5, 0.6) is 11.5 Å². The van der Waals surface area contributed by atoms with Crippen molar-refractivity contribution in [3.8, 4) is 11.5 Å². The van der Waals surface area contributed by atoms with E-state index in [4.69, 9.17) is 21.1 Å². The van der Waals surface area contributed by atoms with Gasteiger partial charge in [0.2, 0.25) is 5.91 Å². The highest BCUT2D eigenvalue weighted by Gasteiger charge is 2.17. The molecule has 0 fully saturated rings. The molecule has 2 aromatic carbocycles. The molecule has 7 nitrogen and oxygen atoms in total. The van der Waals surface area contributed by atoms with Gasteiger partial charge in [-0.3, -0.25) is 14.6 Å². The Morgan fingerprint density at radius 3 is 2.44 bits per heavy atom. The molecule has 178 valence electrons. The van der Waals surface area contributed by atoms with E-state index in [-0.39, 0.29) is 23.9 Å². The molecule has 1 heterocycles. The molecule has 0 bridgehead atoms. The fourth-order valence-corrected chi connectivity index (χ4v) is 3.32. The summed E-state index contributed by atoms with van der Waals surface area (Å²) in [6, 6.07) is 15.9. The molecule has 0 aliphatic carbocycles. The maximum absolute atomic E-state index is 12.8. The molecule has 0 atom stereocenters. The molecular weight excluding hydrogens is 454 g/mol. The van der Waals surface area contributed by atoms with E-state index in [1.165, 1.54) is 12.3 Å². The van der Waals surface area contributed by atoms with Crippen molar-refractivity contribution >= 4 is 29.1 Å². The van der Waals surface area contributed by atoms with Crippen molar-refractivity contribution in [1.82, 2.24) is 10.3 Å². The summed E-state index contributed by atoms with van der Waals surface area (Å²) in [7, 11) is 1.62. The maximum Gasteiger partial charge on any atom is 0.270 e. The summed E-state index contributed by atoms with van der Waals surface area (Å²) in [5, 5.41) is 6.17. The monoisotopic (exact) mass is 481 g/mol. The number of nitrogens with one attached hydrogen (secondary N) is 2. The number of hydrogen-bond acceptors (Lipinski definition) is 5. The van der Waals surface area contributed by atoms with Crippen molar-refractivity contribution in [2.24, 2.45) is 0 Å². The van der Waals surface area contributed by atoms with Gasteiger partial charge in [0.25, 0.3) is 5.91 Å². The Hall–Kier alpha value is -3.58. The van der Waals surface area contributed by atoms with Gasteiger partial charge < -0.3 is 20.1 Å². The lowest BCUT2D eigenvalue weighted by Crippen LogP contribution is -2.40. The van der Waals surface area contributed by atoms with Gasteiger partial charge >= 0.3 is 0 Å². The molecule has 8 heteroatoms. The van der Waals surface area contributed by atoms with Crippen LogP contribution in [0.1, 0.15) is 42.4 Å². The zero-order valence-corrected chi connectivity index (χ0v) is 20.4. The zero-order chi connectivity index (χ0) is 24.7. The van der Waals surface area contributed by atoms with Crippen LogP contribution in [0.15, 0.2) is 60.8 Å². The van der Waals surface area contributed by atoms with Crippen LogP contribution >= 0.6 is 11.6 Å². The quantitative estimate of drug-likeness (QED) is 0.471. The number of hydrogen-bond donors (Lipinski definition) is 2. The third-order valence-electron chi connectivity index (χ3n) is 4.69. The Labute approximate surface area is 204 Å². The Morgan fingerprint density at radius 1 is 1.03 bits per heavy atom. The van der Waals surface area contributed by atoms with E-state index in [2.05, 4.69) is 15.6 Å². The molecule has 3 rings (SSSR count). The number of carbonyl (C=O) groups excluding carboxylic acids is 2. The van der Waals surface area contributed by atoms with E-state index in [1.54, 1.807) is 31.4 Å².